The Balaban J connectivity index is 1.86. The van der Waals surface area contributed by atoms with Crippen molar-refractivity contribution >= 4 is 31.6 Å². The zero-order valence-corrected chi connectivity index (χ0v) is 17.3. The van der Waals surface area contributed by atoms with Gasteiger partial charge >= 0.3 is 10.1 Å². The van der Waals surface area contributed by atoms with Crippen LogP contribution in [0.3, 0.4) is 0 Å². The zero-order chi connectivity index (χ0) is 20.4. The van der Waals surface area contributed by atoms with Gasteiger partial charge in [0.2, 0.25) is 0 Å². The van der Waals surface area contributed by atoms with Crippen LogP contribution in [-0.4, -0.2) is 22.6 Å². The van der Waals surface area contributed by atoms with E-state index in [4.69, 9.17) is 15.8 Å². The molecule has 0 amide bonds. The molecule has 5 nitrogen and oxygen atoms in total. The van der Waals surface area contributed by atoms with Crippen LogP contribution in [-0.2, 0) is 20.0 Å². The van der Waals surface area contributed by atoms with E-state index in [1.807, 2.05) is 30.3 Å². The molecule has 0 aliphatic heterocycles. The standard InChI is InChI=1S/C20H17ClO5S2/c1-2-27(22,23)17-9-11-18(12-10-17)28(24,25)26-20-13-8-16(14-19(20)21)15-6-4-3-5-7-15/h3-14H,2H2,1H3. The monoisotopic (exact) mass is 436 g/mol. The molecule has 0 N–H and O–H groups in total. The third-order valence-corrected chi connectivity index (χ3v) is 7.38. The molecule has 0 atom stereocenters. The van der Waals surface area contributed by atoms with Gasteiger partial charge in [-0.05, 0) is 47.5 Å². The molecule has 28 heavy (non-hydrogen) atoms. The van der Waals surface area contributed by atoms with E-state index >= 15 is 0 Å². The van der Waals surface area contributed by atoms with Gasteiger partial charge in [0.1, 0.15) is 4.90 Å². The lowest BCUT2D eigenvalue weighted by Crippen LogP contribution is -2.11. The SMILES string of the molecule is CCS(=O)(=O)c1ccc(S(=O)(=O)Oc2ccc(-c3ccccc3)cc2Cl)cc1. The lowest BCUT2D eigenvalue weighted by atomic mass is 10.1. The number of sulfone groups is 1. The predicted octanol–water partition coefficient (Wildman–Crippen LogP) is 4.57. The average Bonchev–Trinajstić information content (AvgIpc) is 2.70. The van der Waals surface area contributed by atoms with Crippen LogP contribution in [0.15, 0.2) is 82.6 Å². The lowest BCUT2D eigenvalue weighted by molar-refractivity contribution is 0.486. The molecule has 3 rings (SSSR count). The molecule has 8 heteroatoms. The van der Waals surface area contributed by atoms with Crippen molar-refractivity contribution in [3.05, 3.63) is 77.8 Å². The maximum absolute atomic E-state index is 12.5. The molecule has 0 spiro atoms. The van der Waals surface area contributed by atoms with Crippen LogP contribution in [0, 0.1) is 0 Å². The van der Waals surface area contributed by atoms with Crippen LogP contribution in [0.1, 0.15) is 6.92 Å². The largest absolute Gasteiger partial charge is 0.377 e. The summed E-state index contributed by atoms with van der Waals surface area (Å²) in [6, 6.07) is 19.2. The summed E-state index contributed by atoms with van der Waals surface area (Å²) in [6.45, 7) is 1.52. The van der Waals surface area contributed by atoms with Crippen molar-refractivity contribution < 1.29 is 21.0 Å². The number of rotatable bonds is 6. The Labute approximate surface area is 169 Å². The van der Waals surface area contributed by atoms with E-state index in [0.29, 0.717) is 0 Å². The van der Waals surface area contributed by atoms with Crippen LogP contribution in [0.25, 0.3) is 11.1 Å². The van der Waals surface area contributed by atoms with Gasteiger partial charge in [-0.1, -0.05) is 54.9 Å². The molecule has 0 saturated heterocycles. The van der Waals surface area contributed by atoms with E-state index in [0.717, 1.165) is 11.1 Å². The molecule has 0 heterocycles. The fourth-order valence-electron chi connectivity index (χ4n) is 2.53. The molecule has 0 radical (unpaired) electrons. The highest BCUT2D eigenvalue weighted by molar-refractivity contribution is 7.91. The molecule has 0 bridgehead atoms. The fraction of sp³-hybridized carbons (Fsp3) is 0.100. The average molecular weight is 437 g/mol. The van der Waals surface area contributed by atoms with E-state index in [1.54, 1.807) is 12.1 Å². The summed E-state index contributed by atoms with van der Waals surface area (Å²) >= 11 is 6.21. The van der Waals surface area contributed by atoms with Crippen LogP contribution in [0.5, 0.6) is 5.75 Å². The Morgan fingerprint density at radius 2 is 1.39 bits per heavy atom. The van der Waals surface area contributed by atoms with Gasteiger partial charge in [-0.3, -0.25) is 0 Å². The molecule has 0 aliphatic rings. The normalized spacial score (nSPS) is 11.9. The highest BCUT2D eigenvalue weighted by Gasteiger charge is 2.20. The molecular weight excluding hydrogens is 420 g/mol. The topological polar surface area (TPSA) is 77.5 Å². The molecule has 3 aromatic carbocycles. The van der Waals surface area contributed by atoms with E-state index in [1.165, 1.54) is 37.3 Å². The Bertz CT molecular complexity index is 1190. The van der Waals surface area contributed by atoms with Gasteiger partial charge in [0.05, 0.1) is 15.7 Å². The van der Waals surface area contributed by atoms with Crippen LogP contribution in [0.4, 0.5) is 0 Å². The summed E-state index contributed by atoms with van der Waals surface area (Å²) in [7, 11) is -7.58. The summed E-state index contributed by atoms with van der Waals surface area (Å²) in [5.41, 5.74) is 1.76. The van der Waals surface area contributed by atoms with Crippen LogP contribution in [0.2, 0.25) is 5.02 Å². The van der Waals surface area contributed by atoms with E-state index in [2.05, 4.69) is 0 Å². The van der Waals surface area contributed by atoms with Gasteiger partial charge in [-0.2, -0.15) is 8.42 Å². The Kier molecular flexibility index (Phi) is 5.79. The maximum Gasteiger partial charge on any atom is 0.339 e. The van der Waals surface area contributed by atoms with Crippen molar-refractivity contribution in [2.45, 2.75) is 16.7 Å². The number of hydrogen-bond acceptors (Lipinski definition) is 5. The van der Waals surface area contributed by atoms with Crippen molar-refractivity contribution in [2.75, 3.05) is 5.75 Å². The number of benzene rings is 3. The summed E-state index contributed by atoms with van der Waals surface area (Å²) in [4.78, 5) is -0.107. The number of halogens is 1. The first kappa shape index (κ1) is 20.4. The summed E-state index contributed by atoms with van der Waals surface area (Å²) in [5.74, 6) is -0.0782. The highest BCUT2D eigenvalue weighted by Crippen LogP contribution is 2.32. The molecule has 3 aromatic rings. The first-order chi connectivity index (χ1) is 13.2. The predicted molar refractivity (Wildman–Crippen MR) is 109 cm³/mol. The van der Waals surface area contributed by atoms with Gasteiger partial charge in [0, 0.05) is 0 Å². The van der Waals surface area contributed by atoms with E-state index in [9.17, 15) is 16.8 Å². The molecule has 0 saturated carbocycles. The second-order valence-electron chi connectivity index (χ2n) is 5.92. The van der Waals surface area contributed by atoms with Gasteiger partial charge in [-0.25, -0.2) is 8.42 Å². The molecule has 0 fully saturated rings. The Morgan fingerprint density at radius 3 is 1.96 bits per heavy atom. The third-order valence-electron chi connectivity index (χ3n) is 4.09. The lowest BCUT2D eigenvalue weighted by Gasteiger charge is -2.10. The van der Waals surface area contributed by atoms with Gasteiger partial charge < -0.3 is 4.18 Å². The second kappa shape index (κ2) is 7.95. The minimum atomic E-state index is -4.16. The quantitative estimate of drug-likeness (QED) is 0.529. The summed E-state index contributed by atoms with van der Waals surface area (Å²) in [6.07, 6.45) is 0. The van der Waals surface area contributed by atoms with Crippen molar-refractivity contribution in [3.63, 3.8) is 0 Å². The zero-order valence-electron chi connectivity index (χ0n) is 14.9. The van der Waals surface area contributed by atoms with Crippen molar-refractivity contribution in [1.82, 2.24) is 0 Å². The molecule has 0 unspecified atom stereocenters. The van der Waals surface area contributed by atoms with Crippen molar-refractivity contribution in [1.29, 1.82) is 0 Å². The fourth-order valence-corrected chi connectivity index (χ4v) is 4.62. The third kappa shape index (κ3) is 4.38. The maximum atomic E-state index is 12.5. The van der Waals surface area contributed by atoms with Crippen LogP contribution < -0.4 is 4.18 Å². The highest BCUT2D eigenvalue weighted by atomic mass is 35.5. The molecule has 0 aromatic heterocycles. The van der Waals surface area contributed by atoms with Gasteiger partial charge in [-0.15, -0.1) is 0 Å². The first-order valence-corrected chi connectivity index (χ1v) is 11.8. The molecule has 0 aliphatic carbocycles. The van der Waals surface area contributed by atoms with Crippen molar-refractivity contribution in [2.24, 2.45) is 0 Å². The Morgan fingerprint density at radius 1 is 0.786 bits per heavy atom. The van der Waals surface area contributed by atoms with Gasteiger partial charge in [0.25, 0.3) is 0 Å². The molecular formula is C20H17ClO5S2. The Hall–Kier alpha value is -2.35. The van der Waals surface area contributed by atoms with E-state index in [-0.39, 0.29) is 26.3 Å². The van der Waals surface area contributed by atoms with Gasteiger partial charge in [0.15, 0.2) is 15.6 Å². The van der Waals surface area contributed by atoms with Crippen molar-refractivity contribution in [3.8, 4) is 16.9 Å². The van der Waals surface area contributed by atoms with Crippen LogP contribution >= 0.6 is 11.6 Å². The molecule has 146 valence electrons. The summed E-state index contributed by atoms with van der Waals surface area (Å²) < 4.78 is 53.9. The van der Waals surface area contributed by atoms with E-state index < -0.39 is 20.0 Å². The summed E-state index contributed by atoms with van der Waals surface area (Å²) in [5, 5.41) is 0.148. The number of hydrogen-bond donors (Lipinski definition) is 0. The first-order valence-electron chi connectivity index (χ1n) is 8.35. The smallest absolute Gasteiger partial charge is 0.339 e. The minimum absolute atomic E-state index is 0.00777. The minimum Gasteiger partial charge on any atom is -0.377 e. The second-order valence-corrected chi connectivity index (χ2v) is 10.2.